The number of rotatable bonds is 3. The van der Waals surface area contributed by atoms with Gasteiger partial charge in [-0.05, 0) is 30.9 Å². The van der Waals surface area contributed by atoms with Crippen molar-refractivity contribution in [3.05, 3.63) is 29.8 Å². The van der Waals surface area contributed by atoms with Crippen LogP contribution in [0.2, 0.25) is 0 Å². The molecule has 5 heteroatoms. The molecule has 1 saturated heterocycles. The summed E-state index contributed by atoms with van der Waals surface area (Å²) in [5.74, 6) is 0.567. The van der Waals surface area contributed by atoms with E-state index in [0.29, 0.717) is 19.0 Å². The Kier molecular flexibility index (Phi) is 4.58. The van der Waals surface area contributed by atoms with Crippen molar-refractivity contribution in [2.45, 2.75) is 38.4 Å². The summed E-state index contributed by atoms with van der Waals surface area (Å²) in [6.07, 6.45) is -1.46. The highest BCUT2D eigenvalue weighted by atomic mass is 19.4. The van der Waals surface area contributed by atoms with E-state index in [9.17, 15) is 13.2 Å². The Bertz CT molecular complexity index is 445. The normalized spacial score (nSPS) is 23.9. The first kappa shape index (κ1) is 15.2. The molecule has 1 fully saturated rings. The molecular formula is C15H21F3N2. The Balaban J connectivity index is 2.31. The molecule has 2 nitrogen and oxygen atoms in total. The zero-order valence-corrected chi connectivity index (χ0v) is 11.7. The summed E-state index contributed by atoms with van der Waals surface area (Å²) in [6.45, 7) is 3.16. The van der Waals surface area contributed by atoms with E-state index in [1.165, 1.54) is 6.07 Å². The molecule has 20 heavy (non-hydrogen) atoms. The number of anilines is 1. The van der Waals surface area contributed by atoms with Gasteiger partial charge in [0.2, 0.25) is 0 Å². The second-order valence-electron chi connectivity index (χ2n) is 5.40. The summed E-state index contributed by atoms with van der Waals surface area (Å²) >= 11 is 0. The Morgan fingerprint density at radius 1 is 1.30 bits per heavy atom. The third-order valence-electron chi connectivity index (χ3n) is 4.19. The molecule has 1 heterocycles. The largest absolute Gasteiger partial charge is 0.418 e. The van der Waals surface area contributed by atoms with Crippen molar-refractivity contribution < 1.29 is 13.2 Å². The van der Waals surface area contributed by atoms with Gasteiger partial charge >= 0.3 is 6.18 Å². The minimum Gasteiger partial charge on any atom is -0.367 e. The van der Waals surface area contributed by atoms with Crippen LogP contribution in [0.25, 0.3) is 0 Å². The fourth-order valence-electron chi connectivity index (χ4n) is 3.01. The molecule has 2 atom stereocenters. The SMILES string of the molecule is CCC1CCN(c2ccccc2C(F)(F)F)C(CN)C1. The quantitative estimate of drug-likeness (QED) is 0.919. The number of para-hydroxylation sites is 1. The first-order valence-corrected chi connectivity index (χ1v) is 7.10. The first-order valence-electron chi connectivity index (χ1n) is 7.10. The Morgan fingerprint density at radius 3 is 2.60 bits per heavy atom. The zero-order valence-electron chi connectivity index (χ0n) is 11.7. The lowest BCUT2D eigenvalue weighted by Crippen LogP contribution is -2.47. The fourth-order valence-corrected chi connectivity index (χ4v) is 3.01. The van der Waals surface area contributed by atoms with Gasteiger partial charge in [0.25, 0.3) is 0 Å². The molecule has 0 spiro atoms. The highest BCUT2D eigenvalue weighted by molar-refractivity contribution is 5.56. The molecule has 1 aromatic carbocycles. The van der Waals surface area contributed by atoms with E-state index in [0.717, 1.165) is 25.3 Å². The number of piperidine rings is 1. The van der Waals surface area contributed by atoms with E-state index in [1.54, 1.807) is 12.1 Å². The first-order chi connectivity index (χ1) is 9.47. The van der Waals surface area contributed by atoms with Crippen LogP contribution in [-0.4, -0.2) is 19.1 Å². The summed E-state index contributed by atoms with van der Waals surface area (Å²) in [4.78, 5) is 1.84. The Morgan fingerprint density at radius 2 is 2.00 bits per heavy atom. The van der Waals surface area contributed by atoms with E-state index in [1.807, 2.05) is 4.90 Å². The summed E-state index contributed by atoms with van der Waals surface area (Å²) < 4.78 is 39.4. The third-order valence-corrected chi connectivity index (χ3v) is 4.19. The smallest absolute Gasteiger partial charge is 0.367 e. The van der Waals surface area contributed by atoms with E-state index in [4.69, 9.17) is 5.73 Å². The van der Waals surface area contributed by atoms with Crippen LogP contribution in [0.3, 0.4) is 0 Å². The number of benzene rings is 1. The number of hydrogen-bond acceptors (Lipinski definition) is 2. The molecular weight excluding hydrogens is 265 g/mol. The van der Waals surface area contributed by atoms with Gasteiger partial charge in [0.1, 0.15) is 0 Å². The maximum atomic E-state index is 13.1. The van der Waals surface area contributed by atoms with Gasteiger partial charge in [-0.2, -0.15) is 13.2 Å². The van der Waals surface area contributed by atoms with Gasteiger partial charge < -0.3 is 10.6 Å². The second-order valence-corrected chi connectivity index (χ2v) is 5.40. The van der Waals surface area contributed by atoms with Crippen molar-refractivity contribution in [2.75, 3.05) is 18.0 Å². The van der Waals surface area contributed by atoms with Crippen molar-refractivity contribution in [3.8, 4) is 0 Å². The third kappa shape index (κ3) is 3.08. The highest BCUT2D eigenvalue weighted by Crippen LogP contribution is 2.39. The number of hydrogen-bond donors (Lipinski definition) is 1. The molecule has 2 rings (SSSR count). The maximum Gasteiger partial charge on any atom is 0.418 e. The summed E-state index contributed by atoms with van der Waals surface area (Å²) in [5, 5.41) is 0. The highest BCUT2D eigenvalue weighted by Gasteiger charge is 2.37. The fraction of sp³-hybridized carbons (Fsp3) is 0.600. The number of nitrogens with two attached hydrogens (primary N) is 1. The van der Waals surface area contributed by atoms with Crippen LogP contribution in [-0.2, 0) is 6.18 Å². The van der Waals surface area contributed by atoms with Gasteiger partial charge in [-0.1, -0.05) is 25.5 Å². The van der Waals surface area contributed by atoms with Crippen LogP contribution in [0, 0.1) is 5.92 Å². The molecule has 2 unspecified atom stereocenters. The molecule has 0 bridgehead atoms. The van der Waals surface area contributed by atoms with E-state index >= 15 is 0 Å². The van der Waals surface area contributed by atoms with Crippen LogP contribution in [0.15, 0.2) is 24.3 Å². The summed E-state index contributed by atoms with van der Waals surface area (Å²) in [7, 11) is 0. The molecule has 1 aliphatic heterocycles. The van der Waals surface area contributed by atoms with Crippen LogP contribution in [0.1, 0.15) is 31.7 Å². The van der Waals surface area contributed by atoms with Crippen molar-refractivity contribution in [2.24, 2.45) is 11.7 Å². The summed E-state index contributed by atoms with van der Waals surface area (Å²) in [6, 6.07) is 5.79. The molecule has 2 N–H and O–H groups in total. The van der Waals surface area contributed by atoms with Crippen LogP contribution in [0.5, 0.6) is 0 Å². The Hall–Kier alpha value is -1.23. The molecule has 0 aromatic heterocycles. The molecule has 1 aliphatic rings. The number of nitrogens with zero attached hydrogens (tertiary/aromatic N) is 1. The lowest BCUT2D eigenvalue weighted by atomic mass is 9.88. The second kappa shape index (κ2) is 6.04. The zero-order chi connectivity index (χ0) is 14.8. The average molecular weight is 286 g/mol. The predicted molar refractivity (Wildman–Crippen MR) is 74.6 cm³/mol. The minimum absolute atomic E-state index is 0.00259. The lowest BCUT2D eigenvalue weighted by Gasteiger charge is -2.41. The number of halogens is 3. The molecule has 0 amide bonds. The Labute approximate surface area is 117 Å². The van der Waals surface area contributed by atoms with E-state index in [-0.39, 0.29) is 11.7 Å². The number of alkyl halides is 3. The van der Waals surface area contributed by atoms with Gasteiger partial charge in [-0.3, -0.25) is 0 Å². The lowest BCUT2D eigenvalue weighted by molar-refractivity contribution is -0.137. The van der Waals surface area contributed by atoms with Crippen molar-refractivity contribution in [3.63, 3.8) is 0 Å². The molecule has 1 aromatic rings. The monoisotopic (exact) mass is 286 g/mol. The van der Waals surface area contributed by atoms with E-state index < -0.39 is 11.7 Å². The van der Waals surface area contributed by atoms with Gasteiger partial charge in [0.15, 0.2) is 0 Å². The van der Waals surface area contributed by atoms with Crippen LogP contribution in [0.4, 0.5) is 18.9 Å². The average Bonchev–Trinajstić information content (AvgIpc) is 2.45. The molecule has 0 aliphatic carbocycles. The van der Waals surface area contributed by atoms with Crippen LogP contribution < -0.4 is 10.6 Å². The van der Waals surface area contributed by atoms with Gasteiger partial charge in [0.05, 0.1) is 5.56 Å². The molecule has 0 saturated carbocycles. The van der Waals surface area contributed by atoms with Gasteiger partial charge in [-0.15, -0.1) is 0 Å². The maximum absolute atomic E-state index is 13.1. The summed E-state index contributed by atoms with van der Waals surface area (Å²) in [5.41, 5.74) is 5.49. The van der Waals surface area contributed by atoms with Crippen LogP contribution >= 0.6 is 0 Å². The van der Waals surface area contributed by atoms with Crippen molar-refractivity contribution >= 4 is 5.69 Å². The minimum atomic E-state index is -4.32. The van der Waals surface area contributed by atoms with Crippen molar-refractivity contribution in [1.82, 2.24) is 0 Å². The molecule has 0 radical (unpaired) electrons. The van der Waals surface area contributed by atoms with Gasteiger partial charge in [-0.25, -0.2) is 0 Å². The standard InChI is InChI=1S/C15H21F3N2/c1-2-11-7-8-20(12(9-11)10-19)14-6-4-3-5-13(14)15(16,17)18/h3-6,11-12H,2,7-10,19H2,1H3. The predicted octanol–water partition coefficient (Wildman–Crippen LogP) is 3.66. The molecule has 112 valence electrons. The van der Waals surface area contributed by atoms with Crippen molar-refractivity contribution in [1.29, 1.82) is 0 Å². The van der Waals surface area contributed by atoms with E-state index in [2.05, 4.69) is 6.92 Å². The topological polar surface area (TPSA) is 29.3 Å². The van der Waals surface area contributed by atoms with Gasteiger partial charge in [0, 0.05) is 24.8 Å².